The molecule has 118 valence electrons. The topological polar surface area (TPSA) is 63.7 Å². The van der Waals surface area contributed by atoms with Crippen LogP contribution in [0.1, 0.15) is 24.2 Å². The molecule has 0 spiro atoms. The molecule has 0 radical (unpaired) electrons. The molecule has 0 aliphatic heterocycles. The highest BCUT2D eigenvalue weighted by molar-refractivity contribution is 9.10. The van der Waals surface area contributed by atoms with Crippen LogP contribution in [0.3, 0.4) is 0 Å². The minimum atomic E-state index is -3.89. The van der Waals surface area contributed by atoms with E-state index in [9.17, 15) is 13.2 Å². The number of amides is 1. The molecule has 1 amide bonds. The molecule has 0 unspecified atom stereocenters. The maximum atomic E-state index is 12.3. The van der Waals surface area contributed by atoms with E-state index in [-0.39, 0.29) is 22.5 Å². The summed E-state index contributed by atoms with van der Waals surface area (Å²) in [6.07, 6.45) is 0.0902. The maximum Gasteiger partial charge on any atom is 0.261 e. The van der Waals surface area contributed by atoms with E-state index >= 15 is 0 Å². The minimum Gasteiger partial charge on any atom is -0.377 e. The summed E-state index contributed by atoms with van der Waals surface area (Å²) in [5, 5.41) is 0. The van der Waals surface area contributed by atoms with E-state index in [1.165, 1.54) is 17.0 Å². The number of hydrogen-bond acceptors (Lipinski definition) is 4. The fourth-order valence-corrected chi connectivity index (χ4v) is 3.02. The Kier molecular flexibility index (Phi) is 6.65. The van der Waals surface area contributed by atoms with Gasteiger partial charge in [0, 0.05) is 34.3 Å². The Morgan fingerprint density at radius 2 is 2.00 bits per heavy atom. The van der Waals surface area contributed by atoms with Crippen LogP contribution in [0.4, 0.5) is 0 Å². The fraction of sp³-hybridized carbons (Fsp3) is 0.462. The Morgan fingerprint density at radius 1 is 1.38 bits per heavy atom. The first kappa shape index (κ1) is 18.4. The molecular formula is C13H17BrClNO4S. The van der Waals surface area contributed by atoms with Crippen LogP contribution < -0.4 is 0 Å². The van der Waals surface area contributed by atoms with Gasteiger partial charge in [0.15, 0.2) is 0 Å². The third-order valence-electron chi connectivity index (χ3n) is 2.62. The largest absolute Gasteiger partial charge is 0.377 e. The van der Waals surface area contributed by atoms with Crippen LogP contribution in [0.2, 0.25) is 0 Å². The summed E-state index contributed by atoms with van der Waals surface area (Å²) < 4.78 is 28.6. The number of nitrogens with zero attached hydrogens (tertiary/aromatic N) is 1. The van der Waals surface area contributed by atoms with Crippen LogP contribution in [0.15, 0.2) is 27.6 Å². The molecule has 1 aromatic carbocycles. The molecule has 8 heteroatoms. The van der Waals surface area contributed by atoms with Crippen LogP contribution in [-0.4, -0.2) is 45.5 Å². The summed E-state index contributed by atoms with van der Waals surface area (Å²) in [6, 6.07) is 4.16. The lowest BCUT2D eigenvalue weighted by atomic mass is 10.2. The lowest BCUT2D eigenvalue weighted by molar-refractivity contribution is 0.0532. The van der Waals surface area contributed by atoms with Crippen molar-refractivity contribution in [1.82, 2.24) is 4.90 Å². The van der Waals surface area contributed by atoms with E-state index in [0.717, 1.165) is 0 Å². The number of likely N-dealkylation sites (N-methyl/N-ethyl adjacent to an activating group) is 1. The number of carbonyl (C=O) groups is 1. The lowest BCUT2D eigenvalue weighted by Gasteiger charge is -2.18. The Balaban J connectivity index is 2.89. The normalized spacial score (nSPS) is 11.7. The van der Waals surface area contributed by atoms with Gasteiger partial charge in [0.05, 0.1) is 17.6 Å². The van der Waals surface area contributed by atoms with Crippen molar-refractivity contribution in [2.75, 3.05) is 20.2 Å². The van der Waals surface area contributed by atoms with Crippen LogP contribution in [0.5, 0.6) is 0 Å². The molecule has 21 heavy (non-hydrogen) atoms. The van der Waals surface area contributed by atoms with Crippen LogP contribution in [0, 0.1) is 0 Å². The van der Waals surface area contributed by atoms with Gasteiger partial charge in [0.25, 0.3) is 15.0 Å². The molecule has 0 aliphatic carbocycles. The Hall–Kier alpha value is -0.630. The molecule has 0 heterocycles. The molecule has 1 aromatic rings. The fourth-order valence-electron chi connectivity index (χ4n) is 1.57. The summed E-state index contributed by atoms with van der Waals surface area (Å²) in [4.78, 5) is 13.6. The van der Waals surface area contributed by atoms with E-state index in [0.29, 0.717) is 17.6 Å². The van der Waals surface area contributed by atoms with Gasteiger partial charge in [0.2, 0.25) is 0 Å². The van der Waals surface area contributed by atoms with Gasteiger partial charge in [-0.15, -0.1) is 0 Å². The van der Waals surface area contributed by atoms with Crippen molar-refractivity contribution in [3.63, 3.8) is 0 Å². The first-order chi connectivity index (χ1) is 9.61. The number of rotatable bonds is 6. The van der Waals surface area contributed by atoms with E-state index in [4.69, 9.17) is 15.4 Å². The highest BCUT2D eigenvalue weighted by Gasteiger charge is 2.17. The van der Waals surface area contributed by atoms with Crippen molar-refractivity contribution in [1.29, 1.82) is 0 Å². The Labute approximate surface area is 137 Å². The SMILES string of the molecule is CC(C)OCCN(C)C(=O)c1cc(Br)cc(S(=O)(=O)Cl)c1. The zero-order valence-corrected chi connectivity index (χ0v) is 15.1. The second-order valence-corrected chi connectivity index (χ2v) is 8.24. The molecule has 0 bridgehead atoms. The van der Waals surface area contributed by atoms with Crippen molar-refractivity contribution in [2.24, 2.45) is 0 Å². The summed E-state index contributed by atoms with van der Waals surface area (Å²) in [5.74, 6) is -0.301. The van der Waals surface area contributed by atoms with Gasteiger partial charge >= 0.3 is 0 Å². The molecule has 0 atom stereocenters. The molecule has 5 nitrogen and oxygen atoms in total. The number of benzene rings is 1. The Bertz CT molecular complexity index is 619. The van der Waals surface area contributed by atoms with Gasteiger partial charge in [-0.3, -0.25) is 4.79 Å². The predicted octanol–water partition coefficient (Wildman–Crippen LogP) is 2.87. The zero-order chi connectivity index (χ0) is 16.2. The van der Waals surface area contributed by atoms with Gasteiger partial charge in [-0.05, 0) is 32.0 Å². The number of carbonyl (C=O) groups excluding carboxylic acids is 1. The van der Waals surface area contributed by atoms with E-state index < -0.39 is 9.05 Å². The van der Waals surface area contributed by atoms with Gasteiger partial charge < -0.3 is 9.64 Å². The summed E-state index contributed by atoms with van der Waals surface area (Å²) in [5.41, 5.74) is 0.246. The molecule has 0 saturated heterocycles. The average Bonchev–Trinajstić information content (AvgIpc) is 2.35. The van der Waals surface area contributed by atoms with Crippen molar-refractivity contribution in [2.45, 2.75) is 24.8 Å². The van der Waals surface area contributed by atoms with Gasteiger partial charge in [-0.25, -0.2) is 8.42 Å². The average molecular weight is 399 g/mol. The third kappa shape index (κ3) is 5.94. The second kappa shape index (κ2) is 7.58. The van der Waals surface area contributed by atoms with Crippen molar-refractivity contribution in [3.8, 4) is 0 Å². The van der Waals surface area contributed by atoms with Crippen LogP contribution >= 0.6 is 26.6 Å². The molecule has 0 aromatic heterocycles. The first-order valence-corrected chi connectivity index (χ1v) is 9.34. The molecule has 0 saturated carbocycles. The van der Waals surface area contributed by atoms with Gasteiger partial charge in [-0.2, -0.15) is 0 Å². The summed E-state index contributed by atoms with van der Waals surface area (Å²) in [7, 11) is 3.05. The monoisotopic (exact) mass is 397 g/mol. The Morgan fingerprint density at radius 3 is 2.52 bits per heavy atom. The molecule has 1 rings (SSSR count). The molecular weight excluding hydrogens is 382 g/mol. The molecule has 0 N–H and O–H groups in total. The van der Waals surface area contributed by atoms with E-state index in [1.54, 1.807) is 13.1 Å². The second-order valence-electron chi connectivity index (χ2n) is 4.76. The first-order valence-electron chi connectivity index (χ1n) is 6.23. The minimum absolute atomic E-state index is 0.0902. The van der Waals surface area contributed by atoms with Crippen molar-refractivity contribution in [3.05, 3.63) is 28.2 Å². The highest BCUT2D eigenvalue weighted by atomic mass is 79.9. The highest BCUT2D eigenvalue weighted by Crippen LogP contribution is 2.23. The van der Waals surface area contributed by atoms with Gasteiger partial charge in [0.1, 0.15) is 0 Å². The van der Waals surface area contributed by atoms with E-state index in [1.807, 2.05) is 13.8 Å². The smallest absolute Gasteiger partial charge is 0.261 e. The maximum absolute atomic E-state index is 12.3. The quantitative estimate of drug-likeness (QED) is 0.691. The lowest BCUT2D eigenvalue weighted by Crippen LogP contribution is -2.30. The summed E-state index contributed by atoms with van der Waals surface area (Å²) in [6.45, 7) is 4.64. The predicted molar refractivity (Wildman–Crippen MR) is 85.2 cm³/mol. The van der Waals surface area contributed by atoms with Crippen LogP contribution in [-0.2, 0) is 13.8 Å². The van der Waals surface area contributed by atoms with Gasteiger partial charge in [-0.1, -0.05) is 15.9 Å². The zero-order valence-electron chi connectivity index (χ0n) is 12.0. The van der Waals surface area contributed by atoms with Crippen molar-refractivity contribution < 1.29 is 17.9 Å². The van der Waals surface area contributed by atoms with Crippen molar-refractivity contribution >= 4 is 41.6 Å². The third-order valence-corrected chi connectivity index (χ3v) is 4.42. The summed E-state index contributed by atoms with van der Waals surface area (Å²) >= 11 is 3.18. The number of hydrogen-bond donors (Lipinski definition) is 0. The number of halogens is 2. The molecule has 0 fully saturated rings. The number of ether oxygens (including phenoxy) is 1. The molecule has 0 aliphatic rings. The van der Waals surface area contributed by atoms with E-state index in [2.05, 4.69) is 15.9 Å². The van der Waals surface area contributed by atoms with Crippen LogP contribution in [0.25, 0.3) is 0 Å². The standard InChI is InChI=1S/C13H17BrClNO4S/c1-9(2)20-5-4-16(3)13(17)10-6-11(14)8-12(7-10)21(15,18)19/h6-9H,4-5H2,1-3H3.